The maximum Gasteiger partial charge on any atom is 0.0193 e. The normalized spacial score (nSPS) is 21.8. The second-order valence-corrected chi connectivity index (χ2v) is 4.75. The van der Waals surface area contributed by atoms with Crippen molar-refractivity contribution in [2.45, 2.75) is 32.7 Å². The van der Waals surface area contributed by atoms with Crippen LogP contribution in [0.3, 0.4) is 0 Å². The van der Waals surface area contributed by atoms with Gasteiger partial charge in [-0.1, -0.05) is 13.3 Å². The molecule has 1 aliphatic rings. The summed E-state index contributed by atoms with van der Waals surface area (Å²) in [6.45, 7) is 11.8. The van der Waals surface area contributed by atoms with Crippen LogP contribution >= 0.6 is 0 Å². The first-order chi connectivity index (χ1) is 7.24. The fourth-order valence-electron chi connectivity index (χ4n) is 2.00. The van der Waals surface area contributed by atoms with Gasteiger partial charge in [0.25, 0.3) is 0 Å². The highest BCUT2D eigenvalue weighted by Crippen LogP contribution is 2.03. The lowest BCUT2D eigenvalue weighted by Gasteiger charge is -2.36. The zero-order valence-corrected chi connectivity index (χ0v) is 10.6. The lowest BCUT2D eigenvalue weighted by atomic mass is 10.2. The molecule has 0 aromatic heterocycles. The Morgan fingerprint density at radius 2 is 1.87 bits per heavy atom. The maximum absolute atomic E-state index is 3.54. The van der Waals surface area contributed by atoms with Crippen LogP contribution in [-0.2, 0) is 0 Å². The quantitative estimate of drug-likeness (QED) is 0.664. The van der Waals surface area contributed by atoms with Crippen molar-refractivity contribution in [2.75, 3.05) is 46.3 Å². The summed E-state index contributed by atoms with van der Waals surface area (Å²) >= 11 is 0. The molecule has 0 radical (unpaired) electrons. The number of hydrogen-bond acceptors (Lipinski definition) is 3. The van der Waals surface area contributed by atoms with E-state index in [0.29, 0.717) is 6.04 Å². The highest BCUT2D eigenvalue weighted by molar-refractivity contribution is 4.75. The molecule has 1 unspecified atom stereocenters. The Balaban J connectivity index is 2.08. The molecule has 0 spiro atoms. The van der Waals surface area contributed by atoms with Gasteiger partial charge in [0, 0.05) is 38.8 Å². The molecule has 0 bridgehead atoms. The Labute approximate surface area is 94.8 Å². The lowest BCUT2D eigenvalue weighted by Crippen LogP contribution is -2.50. The first kappa shape index (κ1) is 12.9. The van der Waals surface area contributed by atoms with E-state index in [2.05, 4.69) is 36.0 Å². The van der Waals surface area contributed by atoms with E-state index in [1.807, 2.05) is 0 Å². The largest absolute Gasteiger partial charge is 0.315 e. The number of rotatable bonds is 6. The van der Waals surface area contributed by atoms with E-state index < -0.39 is 0 Å². The van der Waals surface area contributed by atoms with Crippen molar-refractivity contribution in [3.05, 3.63) is 0 Å². The molecule has 1 saturated heterocycles. The fourth-order valence-corrected chi connectivity index (χ4v) is 2.00. The Morgan fingerprint density at radius 3 is 2.47 bits per heavy atom. The summed E-state index contributed by atoms with van der Waals surface area (Å²) in [5.74, 6) is 0. The molecule has 1 heterocycles. The van der Waals surface area contributed by atoms with Gasteiger partial charge >= 0.3 is 0 Å². The topological polar surface area (TPSA) is 18.5 Å². The third-order valence-corrected chi connectivity index (χ3v) is 3.31. The number of hydrogen-bond donors (Lipinski definition) is 1. The maximum atomic E-state index is 3.54. The molecule has 1 atom stereocenters. The molecule has 15 heavy (non-hydrogen) atoms. The van der Waals surface area contributed by atoms with Crippen LogP contribution in [-0.4, -0.2) is 62.2 Å². The summed E-state index contributed by atoms with van der Waals surface area (Å²) < 4.78 is 0. The summed E-state index contributed by atoms with van der Waals surface area (Å²) in [7, 11) is 2.21. The molecule has 1 rings (SSSR count). The van der Waals surface area contributed by atoms with Crippen molar-refractivity contribution in [2.24, 2.45) is 0 Å². The molecule has 1 N–H and O–H groups in total. The molecule has 3 heteroatoms. The monoisotopic (exact) mass is 213 g/mol. The minimum Gasteiger partial charge on any atom is -0.315 e. The number of piperazine rings is 1. The van der Waals surface area contributed by atoms with Crippen molar-refractivity contribution in [3.8, 4) is 0 Å². The zero-order valence-electron chi connectivity index (χ0n) is 10.6. The molecule has 0 aromatic rings. The van der Waals surface area contributed by atoms with Crippen LogP contribution in [0.1, 0.15) is 26.7 Å². The SMILES string of the molecule is CCCCNCC(C)N1CCN(C)CC1. The van der Waals surface area contributed by atoms with Gasteiger partial charge in [0.05, 0.1) is 0 Å². The summed E-state index contributed by atoms with van der Waals surface area (Å²) in [6.07, 6.45) is 2.59. The van der Waals surface area contributed by atoms with Gasteiger partial charge in [-0.3, -0.25) is 4.90 Å². The molecule has 0 aromatic carbocycles. The lowest BCUT2D eigenvalue weighted by molar-refractivity contribution is 0.118. The predicted octanol–water partition coefficient (Wildman–Crippen LogP) is 1.01. The smallest absolute Gasteiger partial charge is 0.0193 e. The van der Waals surface area contributed by atoms with Crippen molar-refractivity contribution < 1.29 is 0 Å². The van der Waals surface area contributed by atoms with E-state index in [1.165, 1.54) is 45.6 Å². The Hall–Kier alpha value is -0.120. The van der Waals surface area contributed by atoms with E-state index in [9.17, 15) is 0 Å². The van der Waals surface area contributed by atoms with Crippen LogP contribution < -0.4 is 5.32 Å². The fraction of sp³-hybridized carbons (Fsp3) is 1.00. The van der Waals surface area contributed by atoms with E-state index in [4.69, 9.17) is 0 Å². The van der Waals surface area contributed by atoms with Crippen molar-refractivity contribution >= 4 is 0 Å². The van der Waals surface area contributed by atoms with Gasteiger partial charge in [0.15, 0.2) is 0 Å². The van der Waals surface area contributed by atoms with Gasteiger partial charge < -0.3 is 10.2 Å². The summed E-state index contributed by atoms with van der Waals surface area (Å²) in [5.41, 5.74) is 0. The predicted molar refractivity (Wildman–Crippen MR) is 66.3 cm³/mol. The minimum atomic E-state index is 0.690. The Morgan fingerprint density at radius 1 is 1.20 bits per heavy atom. The molecule has 0 saturated carbocycles. The van der Waals surface area contributed by atoms with Crippen LogP contribution in [0.2, 0.25) is 0 Å². The van der Waals surface area contributed by atoms with Crippen molar-refractivity contribution in [3.63, 3.8) is 0 Å². The summed E-state index contributed by atoms with van der Waals surface area (Å²) in [6, 6.07) is 0.690. The number of nitrogens with zero attached hydrogens (tertiary/aromatic N) is 2. The van der Waals surface area contributed by atoms with Crippen molar-refractivity contribution in [1.82, 2.24) is 15.1 Å². The molecule has 1 fully saturated rings. The average molecular weight is 213 g/mol. The molecule has 90 valence electrons. The van der Waals surface area contributed by atoms with Gasteiger partial charge in [-0.2, -0.15) is 0 Å². The van der Waals surface area contributed by atoms with Crippen molar-refractivity contribution in [1.29, 1.82) is 0 Å². The van der Waals surface area contributed by atoms with E-state index in [-0.39, 0.29) is 0 Å². The van der Waals surface area contributed by atoms with Gasteiger partial charge in [-0.05, 0) is 26.9 Å². The van der Waals surface area contributed by atoms with E-state index in [1.54, 1.807) is 0 Å². The molecule has 1 aliphatic heterocycles. The number of likely N-dealkylation sites (N-methyl/N-ethyl adjacent to an activating group) is 1. The van der Waals surface area contributed by atoms with Crippen LogP contribution in [0.25, 0.3) is 0 Å². The number of unbranched alkanes of at least 4 members (excludes halogenated alkanes) is 1. The zero-order chi connectivity index (χ0) is 11.1. The third kappa shape index (κ3) is 4.96. The second kappa shape index (κ2) is 7.20. The number of nitrogens with one attached hydrogen (secondary N) is 1. The van der Waals surface area contributed by atoms with E-state index in [0.717, 1.165) is 6.54 Å². The average Bonchev–Trinajstić information content (AvgIpc) is 2.25. The molecule has 3 nitrogen and oxygen atoms in total. The highest BCUT2D eigenvalue weighted by Gasteiger charge is 2.18. The van der Waals surface area contributed by atoms with Crippen LogP contribution in [0.15, 0.2) is 0 Å². The van der Waals surface area contributed by atoms with Crippen LogP contribution in [0.4, 0.5) is 0 Å². The van der Waals surface area contributed by atoms with Crippen LogP contribution in [0.5, 0.6) is 0 Å². The third-order valence-electron chi connectivity index (χ3n) is 3.31. The van der Waals surface area contributed by atoms with Gasteiger partial charge in [0.2, 0.25) is 0 Å². The van der Waals surface area contributed by atoms with E-state index >= 15 is 0 Å². The standard InChI is InChI=1S/C12H27N3/c1-4-5-6-13-11-12(2)15-9-7-14(3)8-10-15/h12-13H,4-11H2,1-3H3. The first-order valence-electron chi connectivity index (χ1n) is 6.37. The Bertz CT molecular complexity index is 153. The molecule has 0 amide bonds. The second-order valence-electron chi connectivity index (χ2n) is 4.75. The summed E-state index contributed by atoms with van der Waals surface area (Å²) in [4.78, 5) is 5.01. The minimum absolute atomic E-state index is 0.690. The first-order valence-corrected chi connectivity index (χ1v) is 6.37. The molecular weight excluding hydrogens is 186 g/mol. The van der Waals surface area contributed by atoms with Gasteiger partial charge in [-0.25, -0.2) is 0 Å². The van der Waals surface area contributed by atoms with Crippen LogP contribution in [0, 0.1) is 0 Å². The summed E-state index contributed by atoms with van der Waals surface area (Å²) in [5, 5.41) is 3.54. The highest BCUT2D eigenvalue weighted by atomic mass is 15.3. The Kier molecular flexibility index (Phi) is 6.22. The van der Waals surface area contributed by atoms with Gasteiger partial charge in [-0.15, -0.1) is 0 Å². The van der Waals surface area contributed by atoms with Gasteiger partial charge in [0.1, 0.15) is 0 Å². The molecular formula is C12H27N3. The molecule has 0 aliphatic carbocycles.